The maximum atomic E-state index is 13.5. The number of benzene rings is 3. The van der Waals surface area contributed by atoms with Crippen LogP contribution in [0.1, 0.15) is 11.1 Å². The van der Waals surface area contributed by atoms with Gasteiger partial charge in [-0.2, -0.15) is 0 Å². The van der Waals surface area contributed by atoms with Crippen molar-refractivity contribution in [2.75, 3.05) is 11.9 Å². The highest BCUT2D eigenvalue weighted by atomic mass is 35.5. The largest absolute Gasteiger partial charge is 0.365 e. The molecule has 0 saturated heterocycles. The van der Waals surface area contributed by atoms with Gasteiger partial charge in [-0.3, -0.25) is 9.59 Å². The molecule has 0 aliphatic carbocycles. The lowest BCUT2D eigenvalue weighted by Crippen LogP contribution is -2.34. The molecule has 0 saturated carbocycles. The van der Waals surface area contributed by atoms with Crippen molar-refractivity contribution in [1.29, 1.82) is 0 Å². The molecule has 1 aliphatic heterocycles. The number of likely N-dealkylation sites (N-methyl/N-ethyl adjacent to an activating group) is 1. The molecule has 1 aliphatic rings. The SMILES string of the molecule is CN(Cc1ccccc1)C1=C(c2ccccc2)C(=O)N(c2cc(Cl)cc(Cl)c2)C1=O. The van der Waals surface area contributed by atoms with Gasteiger partial charge in [0.05, 0.1) is 11.3 Å². The van der Waals surface area contributed by atoms with Gasteiger partial charge in [0, 0.05) is 23.6 Å². The molecule has 30 heavy (non-hydrogen) atoms. The number of nitrogens with zero attached hydrogens (tertiary/aromatic N) is 2. The minimum atomic E-state index is -0.407. The number of rotatable bonds is 5. The number of imide groups is 1. The third kappa shape index (κ3) is 3.84. The Morgan fingerprint density at radius 2 is 1.37 bits per heavy atom. The van der Waals surface area contributed by atoms with Crippen LogP contribution < -0.4 is 4.90 Å². The van der Waals surface area contributed by atoms with E-state index in [-0.39, 0.29) is 0 Å². The summed E-state index contributed by atoms with van der Waals surface area (Å²) in [5.41, 5.74) is 2.76. The molecule has 0 bridgehead atoms. The monoisotopic (exact) mass is 436 g/mol. The van der Waals surface area contributed by atoms with E-state index >= 15 is 0 Å². The Labute approximate surface area is 184 Å². The molecule has 4 rings (SSSR count). The highest BCUT2D eigenvalue weighted by Crippen LogP contribution is 2.36. The lowest BCUT2D eigenvalue weighted by molar-refractivity contribution is -0.120. The van der Waals surface area contributed by atoms with E-state index in [0.29, 0.717) is 39.1 Å². The van der Waals surface area contributed by atoms with E-state index in [1.54, 1.807) is 18.2 Å². The van der Waals surface area contributed by atoms with Crippen molar-refractivity contribution in [2.45, 2.75) is 6.54 Å². The second-order valence-corrected chi connectivity index (χ2v) is 7.88. The zero-order valence-electron chi connectivity index (χ0n) is 16.2. The summed E-state index contributed by atoms with van der Waals surface area (Å²) in [7, 11) is 1.81. The second-order valence-electron chi connectivity index (χ2n) is 7.00. The van der Waals surface area contributed by atoms with E-state index in [0.717, 1.165) is 10.5 Å². The summed E-state index contributed by atoms with van der Waals surface area (Å²) in [5.74, 6) is -0.810. The fourth-order valence-corrected chi connectivity index (χ4v) is 4.09. The highest BCUT2D eigenvalue weighted by molar-refractivity contribution is 6.46. The van der Waals surface area contributed by atoms with Crippen LogP contribution in [0.25, 0.3) is 5.57 Å². The van der Waals surface area contributed by atoms with Crippen LogP contribution in [0.15, 0.2) is 84.6 Å². The summed E-state index contributed by atoms with van der Waals surface area (Å²) < 4.78 is 0. The molecule has 0 radical (unpaired) electrons. The van der Waals surface area contributed by atoms with Crippen molar-refractivity contribution in [3.8, 4) is 0 Å². The number of hydrogen-bond acceptors (Lipinski definition) is 3. The predicted molar refractivity (Wildman–Crippen MR) is 120 cm³/mol. The van der Waals surface area contributed by atoms with Gasteiger partial charge in [0.1, 0.15) is 5.70 Å². The molecule has 3 aromatic rings. The molecular weight excluding hydrogens is 419 g/mol. The van der Waals surface area contributed by atoms with E-state index in [1.807, 2.05) is 72.6 Å². The maximum absolute atomic E-state index is 13.5. The zero-order valence-corrected chi connectivity index (χ0v) is 17.7. The van der Waals surface area contributed by atoms with Crippen molar-refractivity contribution in [3.05, 3.63) is 106 Å². The van der Waals surface area contributed by atoms with Gasteiger partial charge in [-0.05, 0) is 29.3 Å². The van der Waals surface area contributed by atoms with E-state index in [9.17, 15) is 9.59 Å². The average Bonchev–Trinajstić information content (AvgIpc) is 2.99. The molecule has 6 heteroatoms. The lowest BCUT2D eigenvalue weighted by atomic mass is 10.0. The number of amides is 2. The Bertz CT molecular complexity index is 1120. The standard InChI is InChI=1S/C24H18Cl2N2O2/c1-27(15-16-8-4-2-5-9-16)22-21(17-10-6-3-7-11-17)23(29)28(24(22)30)20-13-18(25)12-19(26)14-20/h2-14H,15H2,1H3. The molecule has 0 fully saturated rings. The molecule has 4 nitrogen and oxygen atoms in total. The molecule has 0 atom stereocenters. The van der Waals surface area contributed by atoms with Gasteiger partial charge in [-0.1, -0.05) is 83.9 Å². The topological polar surface area (TPSA) is 40.6 Å². The Balaban J connectivity index is 1.81. The van der Waals surface area contributed by atoms with E-state index in [1.165, 1.54) is 0 Å². The smallest absolute Gasteiger partial charge is 0.282 e. The third-order valence-electron chi connectivity index (χ3n) is 4.87. The summed E-state index contributed by atoms with van der Waals surface area (Å²) in [6, 6.07) is 23.7. The molecule has 150 valence electrons. The molecule has 0 unspecified atom stereocenters. The van der Waals surface area contributed by atoms with E-state index in [4.69, 9.17) is 23.2 Å². The lowest BCUT2D eigenvalue weighted by Gasteiger charge is -2.22. The number of hydrogen-bond donors (Lipinski definition) is 0. The first-order valence-electron chi connectivity index (χ1n) is 9.35. The first kappa shape index (κ1) is 20.2. The van der Waals surface area contributed by atoms with Gasteiger partial charge in [0.25, 0.3) is 11.8 Å². The molecule has 0 spiro atoms. The van der Waals surface area contributed by atoms with Crippen LogP contribution in [0, 0.1) is 0 Å². The fraction of sp³-hybridized carbons (Fsp3) is 0.0833. The summed E-state index contributed by atoms with van der Waals surface area (Å²) in [6.07, 6.45) is 0. The zero-order chi connectivity index (χ0) is 21.3. The van der Waals surface area contributed by atoms with Crippen LogP contribution >= 0.6 is 23.2 Å². The van der Waals surface area contributed by atoms with Crippen molar-refractivity contribution in [2.24, 2.45) is 0 Å². The number of carbonyl (C=O) groups is 2. The van der Waals surface area contributed by atoms with Crippen LogP contribution in [0.3, 0.4) is 0 Å². The maximum Gasteiger partial charge on any atom is 0.282 e. The van der Waals surface area contributed by atoms with Gasteiger partial charge in [-0.15, -0.1) is 0 Å². The van der Waals surface area contributed by atoms with Crippen molar-refractivity contribution < 1.29 is 9.59 Å². The normalized spacial score (nSPS) is 13.9. The van der Waals surface area contributed by atoms with Crippen molar-refractivity contribution >= 4 is 46.3 Å². The molecule has 3 aromatic carbocycles. The minimum Gasteiger partial charge on any atom is -0.365 e. The highest BCUT2D eigenvalue weighted by Gasteiger charge is 2.41. The first-order chi connectivity index (χ1) is 14.5. The van der Waals surface area contributed by atoms with Crippen LogP contribution in [-0.4, -0.2) is 23.8 Å². The van der Waals surface area contributed by atoms with Crippen LogP contribution in [0.2, 0.25) is 10.0 Å². The molecule has 0 aromatic heterocycles. The summed E-state index contributed by atoms with van der Waals surface area (Å²) in [5, 5.41) is 0.705. The molecule has 1 heterocycles. The van der Waals surface area contributed by atoms with Crippen LogP contribution in [0.4, 0.5) is 5.69 Å². The Morgan fingerprint density at radius 3 is 1.97 bits per heavy atom. The van der Waals surface area contributed by atoms with Crippen LogP contribution in [0.5, 0.6) is 0 Å². The molecule has 2 amide bonds. The van der Waals surface area contributed by atoms with E-state index in [2.05, 4.69) is 0 Å². The summed E-state index contributed by atoms with van der Waals surface area (Å²) in [6.45, 7) is 0.482. The van der Waals surface area contributed by atoms with Crippen molar-refractivity contribution in [1.82, 2.24) is 4.90 Å². The average molecular weight is 437 g/mol. The Morgan fingerprint density at radius 1 is 0.800 bits per heavy atom. The Hall–Kier alpha value is -3.08. The summed E-state index contributed by atoms with van der Waals surface area (Å²) in [4.78, 5) is 29.9. The third-order valence-corrected chi connectivity index (χ3v) is 5.31. The van der Waals surface area contributed by atoms with Gasteiger partial charge in [-0.25, -0.2) is 4.90 Å². The predicted octanol–water partition coefficient (Wildman–Crippen LogP) is 5.41. The number of carbonyl (C=O) groups excluding carboxylic acids is 2. The van der Waals surface area contributed by atoms with Crippen molar-refractivity contribution in [3.63, 3.8) is 0 Å². The van der Waals surface area contributed by atoms with Gasteiger partial charge < -0.3 is 4.90 Å². The quantitative estimate of drug-likeness (QED) is 0.502. The first-order valence-corrected chi connectivity index (χ1v) is 10.1. The summed E-state index contributed by atoms with van der Waals surface area (Å²) >= 11 is 12.3. The van der Waals surface area contributed by atoms with Gasteiger partial charge in [0.2, 0.25) is 0 Å². The fourth-order valence-electron chi connectivity index (χ4n) is 3.58. The van der Waals surface area contributed by atoms with E-state index < -0.39 is 11.8 Å². The second kappa shape index (κ2) is 8.34. The number of anilines is 1. The van der Waals surface area contributed by atoms with Gasteiger partial charge in [0.15, 0.2) is 0 Å². The Kier molecular flexibility index (Phi) is 5.62. The molecule has 0 N–H and O–H groups in total. The van der Waals surface area contributed by atoms with Gasteiger partial charge >= 0.3 is 0 Å². The minimum absolute atomic E-state index is 0.339. The molecular formula is C24H18Cl2N2O2. The van der Waals surface area contributed by atoms with Crippen LogP contribution in [-0.2, 0) is 16.1 Å². The number of halogens is 2.